The van der Waals surface area contributed by atoms with Gasteiger partial charge in [0.15, 0.2) is 0 Å². The van der Waals surface area contributed by atoms with E-state index in [1.165, 1.54) is 11.1 Å². The van der Waals surface area contributed by atoms with Crippen molar-refractivity contribution in [2.45, 2.75) is 18.9 Å². The third kappa shape index (κ3) is 2.45. The number of pyridine rings is 1. The van der Waals surface area contributed by atoms with Crippen molar-refractivity contribution in [3.8, 4) is 5.75 Å². The molecule has 1 aliphatic heterocycles. The summed E-state index contributed by atoms with van der Waals surface area (Å²) >= 11 is 0. The first-order valence-electron chi connectivity index (χ1n) is 6.48. The number of nitrogens with zero attached hydrogens (tertiary/aromatic N) is 1. The summed E-state index contributed by atoms with van der Waals surface area (Å²) in [5.74, 6) is 6.73. The third-order valence-electron chi connectivity index (χ3n) is 3.51. The molecule has 3 N–H and O–H groups in total. The van der Waals surface area contributed by atoms with Gasteiger partial charge in [0.1, 0.15) is 5.75 Å². The molecule has 0 saturated heterocycles. The maximum absolute atomic E-state index is 5.74. The van der Waals surface area contributed by atoms with Gasteiger partial charge in [-0.3, -0.25) is 16.3 Å². The zero-order valence-corrected chi connectivity index (χ0v) is 10.7. The summed E-state index contributed by atoms with van der Waals surface area (Å²) in [6, 6.07) is 10.3. The molecule has 19 heavy (non-hydrogen) atoms. The standard InChI is InChI=1S/C15H17N3O/c16-18-14(10-11-4-7-17-8-5-11)13-3-1-2-12-6-9-19-15(12)13/h1-5,7-8,14,18H,6,9-10,16H2. The van der Waals surface area contributed by atoms with Crippen molar-refractivity contribution in [2.75, 3.05) is 6.61 Å². The van der Waals surface area contributed by atoms with Crippen LogP contribution < -0.4 is 16.0 Å². The van der Waals surface area contributed by atoms with Crippen LogP contribution >= 0.6 is 0 Å². The van der Waals surface area contributed by atoms with E-state index in [9.17, 15) is 0 Å². The van der Waals surface area contributed by atoms with Gasteiger partial charge in [0.2, 0.25) is 0 Å². The molecule has 2 heterocycles. The number of benzene rings is 1. The number of hydrogen-bond acceptors (Lipinski definition) is 4. The lowest BCUT2D eigenvalue weighted by atomic mass is 9.97. The van der Waals surface area contributed by atoms with E-state index >= 15 is 0 Å². The Hall–Kier alpha value is -1.91. The molecule has 2 aromatic rings. The Kier molecular flexibility index (Phi) is 3.44. The zero-order chi connectivity index (χ0) is 13.1. The van der Waals surface area contributed by atoms with E-state index in [1.807, 2.05) is 12.1 Å². The number of aromatic nitrogens is 1. The molecule has 1 atom stereocenters. The average molecular weight is 255 g/mol. The lowest BCUT2D eigenvalue weighted by Crippen LogP contribution is -2.29. The smallest absolute Gasteiger partial charge is 0.127 e. The van der Waals surface area contributed by atoms with Gasteiger partial charge in [0.05, 0.1) is 12.6 Å². The number of ether oxygens (including phenoxy) is 1. The van der Waals surface area contributed by atoms with E-state index < -0.39 is 0 Å². The summed E-state index contributed by atoms with van der Waals surface area (Å²) in [5.41, 5.74) is 6.50. The Bertz CT molecular complexity index is 557. The van der Waals surface area contributed by atoms with E-state index in [1.54, 1.807) is 12.4 Å². The quantitative estimate of drug-likeness (QED) is 0.645. The van der Waals surface area contributed by atoms with Crippen molar-refractivity contribution < 1.29 is 4.74 Å². The molecule has 98 valence electrons. The van der Waals surface area contributed by atoms with Crippen molar-refractivity contribution in [1.29, 1.82) is 0 Å². The van der Waals surface area contributed by atoms with Crippen molar-refractivity contribution in [3.63, 3.8) is 0 Å². The first-order valence-corrected chi connectivity index (χ1v) is 6.48. The number of fused-ring (bicyclic) bond motifs is 1. The van der Waals surface area contributed by atoms with Gasteiger partial charge in [-0.05, 0) is 29.7 Å². The molecule has 0 aliphatic carbocycles. The Labute approximate surface area is 112 Å². The van der Waals surface area contributed by atoms with Crippen LogP contribution in [-0.2, 0) is 12.8 Å². The Morgan fingerprint density at radius 2 is 2.11 bits per heavy atom. The van der Waals surface area contributed by atoms with Crippen LogP contribution in [-0.4, -0.2) is 11.6 Å². The molecule has 1 aromatic carbocycles. The molecular weight excluding hydrogens is 238 g/mol. The molecule has 1 unspecified atom stereocenters. The summed E-state index contributed by atoms with van der Waals surface area (Å²) < 4.78 is 5.74. The van der Waals surface area contributed by atoms with E-state index in [0.29, 0.717) is 0 Å². The zero-order valence-electron chi connectivity index (χ0n) is 10.7. The molecule has 1 aromatic heterocycles. The molecule has 1 aliphatic rings. The van der Waals surface area contributed by atoms with E-state index in [0.717, 1.165) is 30.8 Å². The highest BCUT2D eigenvalue weighted by atomic mass is 16.5. The van der Waals surface area contributed by atoms with Crippen LogP contribution in [0.25, 0.3) is 0 Å². The number of para-hydroxylation sites is 1. The minimum atomic E-state index is 0.0513. The number of hydrazine groups is 1. The normalized spacial score (nSPS) is 14.8. The fourth-order valence-corrected chi connectivity index (χ4v) is 2.53. The molecule has 4 heteroatoms. The first-order chi connectivity index (χ1) is 9.38. The maximum Gasteiger partial charge on any atom is 0.127 e. The van der Waals surface area contributed by atoms with Crippen LogP contribution in [0.1, 0.15) is 22.7 Å². The van der Waals surface area contributed by atoms with E-state index in [4.69, 9.17) is 10.6 Å². The summed E-state index contributed by atoms with van der Waals surface area (Å²) in [7, 11) is 0. The lowest BCUT2D eigenvalue weighted by Gasteiger charge is -2.19. The SMILES string of the molecule is NNC(Cc1ccncc1)c1cccc2c1OCC2. The molecule has 4 nitrogen and oxygen atoms in total. The van der Waals surface area contributed by atoms with Gasteiger partial charge in [0.25, 0.3) is 0 Å². The highest BCUT2D eigenvalue weighted by Gasteiger charge is 2.21. The van der Waals surface area contributed by atoms with E-state index in [2.05, 4.69) is 28.6 Å². The van der Waals surface area contributed by atoms with Crippen LogP contribution in [0.4, 0.5) is 0 Å². The van der Waals surface area contributed by atoms with Crippen LogP contribution in [0.2, 0.25) is 0 Å². The molecule has 0 radical (unpaired) electrons. The topological polar surface area (TPSA) is 60.2 Å². The van der Waals surface area contributed by atoms with Crippen molar-refractivity contribution >= 4 is 0 Å². The second-order valence-corrected chi connectivity index (χ2v) is 4.71. The number of nitrogens with one attached hydrogen (secondary N) is 1. The monoisotopic (exact) mass is 255 g/mol. The van der Waals surface area contributed by atoms with E-state index in [-0.39, 0.29) is 6.04 Å². The fourth-order valence-electron chi connectivity index (χ4n) is 2.53. The summed E-state index contributed by atoms with van der Waals surface area (Å²) in [6.45, 7) is 0.763. The second kappa shape index (κ2) is 5.38. The summed E-state index contributed by atoms with van der Waals surface area (Å²) in [4.78, 5) is 4.03. The molecule has 3 rings (SSSR count). The van der Waals surface area contributed by atoms with Gasteiger partial charge < -0.3 is 4.74 Å². The van der Waals surface area contributed by atoms with Crippen molar-refractivity contribution in [1.82, 2.24) is 10.4 Å². The average Bonchev–Trinajstić information content (AvgIpc) is 2.94. The summed E-state index contributed by atoms with van der Waals surface area (Å²) in [6.07, 6.45) is 5.40. The van der Waals surface area contributed by atoms with Crippen LogP contribution in [0, 0.1) is 0 Å². The number of rotatable bonds is 4. The second-order valence-electron chi connectivity index (χ2n) is 4.71. The number of nitrogens with two attached hydrogens (primary N) is 1. The summed E-state index contributed by atoms with van der Waals surface area (Å²) in [5, 5.41) is 0. The van der Waals surface area contributed by atoms with Gasteiger partial charge in [-0.25, -0.2) is 0 Å². The first kappa shape index (κ1) is 12.1. The lowest BCUT2D eigenvalue weighted by molar-refractivity contribution is 0.348. The van der Waals surface area contributed by atoms with Gasteiger partial charge in [0, 0.05) is 24.4 Å². The third-order valence-corrected chi connectivity index (χ3v) is 3.51. The van der Waals surface area contributed by atoms with Gasteiger partial charge in [-0.2, -0.15) is 0 Å². The highest BCUT2D eigenvalue weighted by Crippen LogP contribution is 2.34. The molecule has 0 bridgehead atoms. The predicted octanol–water partition coefficient (Wildman–Crippen LogP) is 1.76. The van der Waals surface area contributed by atoms with Gasteiger partial charge >= 0.3 is 0 Å². The van der Waals surface area contributed by atoms with Crippen molar-refractivity contribution in [2.24, 2.45) is 5.84 Å². The molecular formula is C15H17N3O. The fraction of sp³-hybridized carbons (Fsp3) is 0.267. The van der Waals surface area contributed by atoms with Crippen LogP contribution in [0.5, 0.6) is 5.75 Å². The Morgan fingerprint density at radius 1 is 1.26 bits per heavy atom. The molecule has 0 saturated carbocycles. The Balaban J connectivity index is 1.89. The number of hydrogen-bond donors (Lipinski definition) is 2. The Morgan fingerprint density at radius 3 is 2.89 bits per heavy atom. The predicted molar refractivity (Wildman–Crippen MR) is 73.6 cm³/mol. The maximum atomic E-state index is 5.74. The minimum absolute atomic E-state index is 0.0513. The highest BCUT2D eigenvalue weighted by molar-refractivity contribution is 5.46. The largest absolute Gasteiger partial charge is 0.493 e. The van der Waals surface area contributed by atoms with Crippen molar-refractivity contribution in [3.05, 3.63) is 59.4 Å². The minimum Gasteiger partial charge on any atom is -0.493 e. The van der Waals surface area contributed by atoms with Crippen LogP contribution in [0.3, 0.4) is 0 Å². The molecule has 0 amide bonds. The van der Waals surface area contributed by atoms with Gasteiger partial charge in [-0.15, -0.1) is 0 Å². The molecule has 0 fully saturated rings. The van der Waals surface area contributed by atoms with Crippen LogP contribution in [0.15, 0.2) is 42.7 Å². The van der Waals surface area contributed by atoms with Gasteiger partial charge in [-0.1, -0.05) is 18.2 Å². The molecule has 0 spiro atoms.